The average Bonchev–Trinajstić information content (AvgIpc) is 2.50. The van der Waals surface area contributed by atoms with Gasteiger partial charge >= 0.3 is 0 Å². The lowest BCUT2D eigenvalue weighted by atomic mass is 10.1. The van der Waals surface area contributed by atoms with E-state index in [2.05, 4.69) is 43.4 Å². The van der Waals surface area contributed by atoms with E-state index in [0.717, 1.165) is 6.54 Å². The van der Waals surface area contributed by atoms with Crippen molar-refractivity contribution in [2.75, 3.05) is 12.3 Å². The van der Waals surface area contributed by atoms with E-state index in [9.17, 15) is 4.21 Å². The molecular formula is C18H23NOS. The molecule has 0 aromatic heterocycles. The van der Waals surface area contributed by atoms with Crippen molar-refractivity contribution in [3.63, 3.8) is 0 Å². The highest BCUT2D eigenvalue weighted by molar-refractivity contribution is 7.84. The topological polar surface area (TPSA) is 29.1 Å². The third kappa shape index (κ3) is 4.80. The van der Waals surface area contributed by atoms with Gasteiger partial charge in [-0.25, -0.2) is 0 Å². The Morgan fingerprint density at radius 2 is 1.71 bits per heavy atom. The molecule has 0 aliphatic rings. The molecule has 0 radical (unpaired) electrons. The number of rotatable bonds is 7. The highest BCUT2D eigenvalue weighted by Crippen LogP contribution is 2.16. The van der Waals surface area contributed by atoms with Gasteiger partial charge in [0.15, 0.2) is 0 Å². The molecule has 0 saturated heterocycles. The first-order chi connectivity index (χ1) is 10.2. The fourth-order valence-electron chi connectivity index (χ4n) is 2.40. The first-order valence-electron chi connectivity index (χ1n) is 7.38. The first kappa shape index (κ1) is 15.9. The van der Waals surface area contributed by atoms with Gasteiger partial charge in [0.1, 0.15) is 0 Å². The monoisotopic (exact) mass is 301 g/mol. The lowest BCUT2D eigenvalue weighted by Gasteiger charge is -2.18. The van der Waals surface area contributed by atoms with Crippen LogP contribution in [0.3, 0.4) is 0 Å². The molecule has 0 heterocycles. The summed E-state index contributed by atoms with van der Waals surface area (Å²) in [6.45, 7) is 5.03. The molecule has 0 amide bonds. The van der Waals surface area contributed by atoms with Gasteiger partial charge in [-0.3, -0.25) is 4.21 Å². The molecule has 0 fully saturated rings. The summed E-state index contributed by atoms with van der Waals surface area (Å²) >= 11 is 0. The summed E-state index contributed by atoms with van der Waals surface area (Å²) in [5.74, 6) is 1.27. The third-order valence-electron chi connectivity index (χ3n) is 3.58. The smallest absolute Gasteiger partial charge is 0.0489 e. The van der Waals surface area contributed by atoms with Gasteiger partial charge in [-0.15, -0.1) is 0 Å². The number of benzene rings is 2. The Balaban J connectivity index is 2.04. The standard InChI is InChI=1S/C18H23NOS/c1-3-19-18(16-10-5-4-6-11-16)14-21(20)13-17-12-8-7-9-15(17)2/h4-12,18-19H,3,13-14H2,1-2H3. The lowest BCUT2D eigenvalue weighted by Crippen LogP contribution is -2.26. The highest BCUT2D eigenvalue weighted by Gasteiger charge is 2.14. The Labute approximate surface area is 130 Å². The van der Waals surface area contributed by atoms with E-state index < -0.39 is 10.8 Å². The minimum Gasteiger partial charge on any atom is -0.309 e. The molecule has 0 aliphatic carbocycles. The zero-order chi connectivity index (χ0) is 15.1. The zero-order valence-electron chi connectivity index (χ0n) is 12.7. The van der Waals surface area contributed by atoms with Crippen LogP contribution in [-0.4, -0.2) is 16.5 Å². The predicted molar refractivity (Wildman–Crippen MR) is 90.8 cm³/mol. The van der Waals surface area contributed by atoms with Crippen molar-refractivity contribution in [2.24, 2.45) is 0 Å². The molecular weight excluding hydrogens is 278 g/mol. The summed E-state index contributed by atoms with van der Waals surface area (Å²) in [5, 5.41) is 3.44. The van der Waals surface area contributed by atoms with Crippen LogP contribution in [0.25, 0.3) is 0 Å². The Morgan fingerprint density at radius 1 is 1.05 bits per heavy atom. The Morgan fingerprint density at radius 3 is 2.38 bits per heavy atom. The normalized spacial score (nSPS) is 13.8. The van der Waals surface area contributed by atoms with E-state index in [1.807, 2.05) is 30.3 Å². The molecule has 112 valence electrons. The number of aryl methyl sites for hydroxylation is 1. The molecule has 2 unspecified atom stereocenters. The van der Waals surface area contributed by atoms with Crippen LogP contribution in [-0.2, 0) is 16.6 Å². The SMILES string of the molecule is CCNC(CS(=O)Cc1ccccc1C)c1ccccc1. The Bertz CT molecular complexity index is 583. The largest absolute Gasteiger partial charge is 0.309 e. The first-order valence-corrected chi connectivity index (χ1v) is 8.87. The minimum absolute atomic E-state index is 0.154. The molecule has 1 N–H and O–H groups in total. The summed E-state index contributed by atoms with van der Waals surface area (Å²) in [4.78, 5) is 0. The summed E-state index contributed by atoms with van der Waals surface area (Å²) in [5.41, 5.74) is 3.60. The number of hydrogen-bond acceptors (Lipinski definition) is 2. The van der Waals surface area contributed by atoms with Crippen molar-refractivity contribution in [1.82, 2.24) is 5.32 Å². The van der Waals surface area contributed by atoms with Crippen LogP contribution < -0.4 is 5.32 Å². The maximum atomic E-state index is 12.5. The molecule has 2 nitrogen and oxygen atoms in total. The van der Waals surface area contributed by atoms with E-state index in [1.54, 1.807) is 0 Å². The zero-order valence-corrected chi connectivity index (χ0v) is 13.5. The molecule has 0 bridgehead atoms. The molecule has 2 rings (SSSR count). The van der Waals surface area contributed by atoms with Crippen LogP contribution in [0.1, 0.15) is 29.7 Å². The van der Waals surface area contributed by atoms with Crippen LogP contribution in [0.4, 0.5) is 0 Å². The van der Waals surface area contributed by atoms with Gasteiger partial charge in [-0.2, -0.15) is 0 Å². The molecule has 0 spiro atoms. The van der Waals surface area contributed by atoms with Crippen molar-refractivity contribution in [1.29, 1.82) is 0 Å². The van der Waals surface area contributed by atoms with Crippen LogP contribution in [0.2, 0.25) is 0 Å². The van der Waals surface area contributed by atoms with E-state index >= 15 is 0 Å². The van der Waals surface area contributed by atoms with Gasteiger partial charge in [0.05, 0.1) is 0 Å². The summed E-state index contributed by atoms with van der Waals surface area (Å²) in [6.07, 6.45) is 0. The van der Waals surface area contributed by atoms with Gasteiger partial charge in [0.2, 0.25) is 0 Å². The molecule has 21 heavy (non-hydrogen) atoms. The second-order valence-corrected chi connectivity index (χ2v) is 6.70. The van der Waals surface area contributed by atoms with Crippen LogP contribution >= 0.6 is 0 Å². The quantitative estimate of drug-likeness (QED) is 0.846. The van der Waals surface area contributed by atoms with Crippen molar-refractivity contribution >= 4 is 10.8 Å². The van der Waals surface area contributed by atoms with Crippen molar-refractivity contribution in [3.8, 4) is 0 Å². The van der Waals surface area contributed by atoms with Crippen molar-refractivity contribution < 1.29 is 4.21 Å². The van der Waals surface area contributed by atoms with E-state index in [4.69, 9.17) is 0 Å². The van der Waals surface area contributed by atoms with Gasteiger partial charge in [0, 0.05) is 28.3 Å². The summed E-state index contributed by atoms with van der Waals surface area (Å²) in [6, 6.07) is 18.6. The van der Waals surface area contributed by atoms with Crippen LogP contribution in [0.15, 0.2) is 54.6 Å². The Kier molecular flexibility index (Phi) is 6.15. The van der Waals surface area contributed by atoms with Gasteiger partial charge in [-0.05, 0) is 30.2 Å². The molecule has 2 aromatic carbocycles. The average molecular weight is 301 g/mol. The molecule has 0 aliphatic heterocycles. The number of nitrogens with one attached hydrogen (secondary N) is 1. The van der Waals surface area contributed by atoms with E-state index in [0.29, 0.717) is 11.5 Å². The van der Waals surface area contributed by atoms with Gasteiger partial charge in [0.25, 0.3) is 0 Å². The molecule has 2 aromatic rings. The van der Waals surface area contributed by atoms with E-state index in [-0.39, 0.29) is 6.04 Å². The summed E-state index contributed by atoms with van der Waals surface area (Å²) < 4.78 is 12.5. The second-order valence-electron chi connectivity index (χ2n) is 5.20. The van der Waals surface area contributed by atoms with Crippen molar-refractivity contribution in [2.45, 2.75) is 25.6 Å². The fourth-order valence-corrected chi connectivity index (χ4v) is 3.87. The third-order valence-corrected chi connectivity index (χ3v) is 4.92. The lowest BCUT2D eigenvalue weighted by molar-refractivity contribution is 0.594. The molecule has 2 atom stereocenters. The maximum Gasteiger partial charge on any atom is 0.0489 e. The fraction of sp³-hybridized carbons (Fsp3) is 0.333. The Hall–Kier alpha value is -1.45. The van der Waals surface area contributed by atoms with E-state index in [1.165, 1.54) is 16.7 Å². The highest BCUT2D eigenvalue weighted by atomic mass is 32.2. The minimum atomic E-state index is -0.876. The van der Waals surface area contributed by atoms with Crippen LogP contribution in [0, 0.1) is 6.92 Å². The van der Waals surface area contributed by atoms with Crippen molar-refractivity contribution in [3.05, 3.63) is 71.3 Å². The summed E-state index contributed by atoms with van der Waals surface area (Å²) in [7, 11) is -0.876. The van der Waals surface area contributed by atoms with Gasteiger partial charge in [-0.1, -0.05) is 61.5 Å². The predicted octanol–water partition coefficient (Wildman–Crippen LogP) is 3.59. The second kappa shape index (κ2) is 8.11. The maximum absolute atomic E-state index is 12.5. The number of hydrogen-bond donors (Lipinski definition) is 1. The van der Waals surface area contributed by atoms with Crippen LogP contribution in [0.5, 0.6) is 0 Å². The molecule has 3 heteroatoms. The van der Waals surface area contributed by atoms with Gasteiger partial charge < -0.3 is 5.32 Å². The molecule has 0 saturated carbocycles.